The summed E-state index contributed by atoms with van der Waals surface area (Å²) in [7, 11) is 0. The maximum Gasteiger partial charge on any atom is 0.0720 e. The van der Waals surface area contributed by atoms with E-state index in [2.05, 4.69) is 12.1 Å². The van der Waals surface area contributed by atoms with Gasteiger partial charge in [0.1, 0.15) is 0 Å². The lowest BCUT2D eigenvalue weighted by Crippen LogP contribution is -2.31. The maximum atomic E-state index is 8.89. The summed E-state index contributed by atoms with van der Waals surface area (Å²) in [5, 5.41) is 8.89. The summed E-state index contributed by atoms with van der Waals surface area (Å²) in [5.41, 5.74) is 1.21. The largest absolute Gasteiger partial charge is 0.396 e. The van der Waals surface area contributed by atoms with Crippen LogP contribution in [-0.2, 0) is 16.1 Å². The number of aliphatic hydroxyl groups excluding tert-OH is 1. The fraction of sp³-hybridized carbons (Fsp3) is 0.571. The molecule has 1 fully saturated rings. The standard InChI is InChI=1S/C14H20O3/c15-8-6-13-10-14(7-9-16-13)17-11-12-4-2-1-3-5-12/h1-5,13-15H,6-11H2. The molecule has 1 saturated heterocycles. The lowest BCUT2D eigenvalue weighted by molar-refractivity contribution is -0.0828. The van der Waals surface area contributed by atoms with E-state index in [-0.39, 0.29) is 18.8 Å². The molecule has 0 radical (unpaired) electrons. The molecule has 1 aromatic carbocycles. The Balaban J connectivity index is 1.75. The molecule has 1 aromatic rings. The van der Waals surface area contributed by atoms with Crippen LogP contribution in [0.2, 0.25) is 0 Å². The predicted octanol–water partition coefficient (Wildman–Crippen LogP) is 2.13. The highest BCUT2D eigenvalue weighted by Crippen LogP contribution is 2.20. The first-order chi connectivity index (χ1) is 8.38. The highest BCUT2D eigenvalue weighted by molar-refractivity contribution is 5.13. The van der Waals surface area contributed by atoms with Crippen molar-refractivity contribution in [3.05, 3.63) is 35.9 Å². The van der Waals surface area contributed by atoms with Gasteiger partial charge in [-0.15, -0.1) is 0 Å². The second-order valence-corrected chi connectivity index (χ2v) is 4.45. The fourth-order valence-electron chi connectivity index (χ4n) is 2.13. The van der Waals surface area contributed by atoms with Crippen LogP contribution in [0, 0.1) is 0 Å². The first kappa shape index (κ1) is 12.6. The molecule has 0 spiro atoms. The van der Waals surface area contributed by atoms with E-state index in [0.717, 1.165) is 19.4 Å². The second kappa shape index (κ2) is 6.74. The summed E-state index contributed by atoms with van der Waals surface area (Å²) in [6.45, 7) is 1.59. The van der Waals surface area contributed by atoms with Gasteiger partial charge in [-0.2, -0.15) is 0 Å². The van der Waals surface area contributed by atoms with Gasteiger partial charge in [-0.3, -0.25) is 0 Å². The van der Waals surface area contributed by atoms with Gasteiger partial charge in [-0.25, -0.2) is 0 Å². The van der Waals surface area contributed by atoms with E-state index in [1.54, 1.807) is 0 Å². The molecule has 2 unspecified atom stereocenters. The van der Waals surface area contributed by atoms with E-state index in [1.807, 2.05) is 18.2 Å². The zero-order chi connectivity index (χ0) is 11.9. The van der Waals surface area contributed by atoms with E-state index in [4.69, 9.17) is 14.6 Å². The summed E-state index contributed by atoms with van der Waals surface area (Å²) in [4.78, 5) is 0. The zero-order valence-electron chi connectivity index (χ0n) is 10.0. The Morgan fingerprint density at radius 1 is 1.29 bits per heavy atom. The molecule has 2 rings (SSSR count). The van der Waals surface area contributed by atoms with Gasteiger partial charge in [0.25, 0.3) is 0 Å². The van der Waals surface area contributed by atoms with Crippen LogP contribution in [0.15, 0.2) is 30.3 Å². The van der Waals surface area contributed by atoms with Gasteiger partial charge in [-0.1, -0.05) is 30.3 Å². The van der Waals surface area contributed by atoms with Crippen LogP contribution >= 0.6 is 0 Å². The Hall–Kier alpha value is -0.900. The van der Waals surface area contributed by atoms with Crippen molar-refractivity contribution in [3.63, 3.8) is 0 Å². The maximum absolute atomic E-state index is 8.89. The minimum absolute atomic E-state index is 0.162. The number of aliphatic hydroxyl groups is 1. The molecular weight excluding hydrogens is 216 g/mol. The van der Waals surface area contributed by atoms with E-state index >= 15 is 0 Å². The van der Waals surface area contributed by atoms with Crippen molar-refractivity contribution in [1.82, 2.24) is 0 Å². The first-order valence-corrected chi connectivity index (χ1v) is 6.26. The zero-order valence-corrected chi connectivity index (χ0v) is 10.0. The summed E-state index contributed by atoms with van der Waals surface area (Å²) in [6, 6.07) is 10.2. The molecule has 1 heterocycles. The molecule has 3 heteroatoms. The Morgan fingerprint density at radius 2 is 2.12 bits per heavy atom. The quantitative estimate of drug-likeness (QED) is 0.851. The van der Waals surface area contributed by atoms with E-state index in [9.17, 15) is 0 Å². The Labute approximate surface area is 102 Å². The minimum Gasteiger partial charge on any atom is -0.396 e. The van der Waals surface area contributed by atoms with Crippen LogP contribution in [0.1, 0.15) is 24.8 Å². The molecular formula is C14H20O3. The van der Waals surface area contributed by atoms with Crippen LogP contribution in [0.4, 0.5) is 0 Å². The van der Waals surface area contributed by atoms with Crippen LogP contribution < -0.4 is 0 Å². The normalized spacial score (nSPS) is 24.8. The second-order valence-electron chi connectivity index (χ2n) is 4.45. The van der Waals surface area contributed by atoms with E-state index < -0.39 is 0 Å². The van der Waals surface area contributed by atoms with Crippen molar-refractivity contribution in [2.45, 2.75) is 38.1 Å². The lowest BCUT2D eigenvalue weighted by Gasteiger charge is -2.29. The molecule has 0 bridgehead atoms. The van der Waals surface area contributed by atoms with Gasteiger partial charge in [0.2, 0.25) is 0 Å². The van der Waals surface area contributed by atoms with Gasteiger partial charge in [0.15, 0.2) is 0 Å². The summed E-state index contributed by atoms with van der Waals surface area (Å²) in [5.74, 6) is 0. The van der Waals surface area contributed by atoms with Gasteiger partial charge >= 0.3 is 0 Å². The minimum atomic E-state index is 0.162. The van der Waals surface area contributed by atoms with Gasteiger partial charge < -0.3 is 14.6 Å². The Bertz CT molecular complexity index is 311. The molecule has 1 N–H and O–H groups in total. The Kier molecular flexibility index (Phi) is 4.98. The van der Waals surface area contributed by atoms with E-state index in [0.29, 0.717) is 13.0 Å². The molecule has 0 aromatic heterocycles. The highest BCUT2D eigenvalue weighted by Gasteiger charge is 2.22. The van der Waals surface area contributed by atoms with Crippen LogP contribution in [0.5, 0.6) is 0 Å². The molecule has 2 atom stereocenters. The number of hydrogen-bond donors (Lipinski definition) is 1. The topological polar surface area (TPSA) is 38.7 Å². The molecule has 17 heavy (non-hydrogen) atoms. The number of rotatable bonds is 5. The van der Waals surface area contributed by atoms with Crippen LogP contribution in [0.3, 0.4) is 0 Å². The monoisotopic (exact) mass is 236 g/mol. The molecule has 0 amide bonds. The van der Waals surface area contributed by atoms with Crippen LogP contribution in [-0.4, -0.2) is 30.5 Å². The fourth-order valence-corrected chi connectivity index (χ4v) is 2.13. The van der Waals surface area contributed by atoms with Crippen molar-refractivity contribution >= 4 is 0 Å². The summed E-state index contributed by atoms with van der Waals surface area (Å²) in [6.07, 6.45) is 2.99. The number of ether oxygens (including phenoxy) is 2. The van der Waals surface area contributed by atoms with Gasteiger partial charge in [-0.05, 0) is 24.8 Å². The molecule has 0 aliphatic carbocycles. The number of hydrogen-bond acceptors (Lipinski definition) is 3. The van der Waals surface area contributed by atoms with Crippen molar-refractivity contribution in [1.29, 1.82) is 0 Å². The predicted molar refractivity (Wildman–Crippen MR) is 65.7 cm³/mol. The SMILES string of the molecule is OCCC1CC(OCc2ccccc2)CCO1. The smallest absolute Gasteiger partial charge is 0.0720 e. The third kappa shape index (κ3) is 4.11. The molecule has 1 aliphatic heterocycles. The number of benzene rings is 1. The molecule has 3 nitrogen and oxygen atoms in total. The first-order valence-electron chi connectivity index (χ1n) is 6.26. The summed E-state index contributed by atoms with van der Waals surface area (Å²) >= 11 is 0. The average molecular weight is 236 g/mol. The lowest BCUT2D eigenvalue weighted by atomic mass is 10.0. The van der Waals surface area contributed by atoms with Crippen molar-refractivity contribution in [2.75, 3.05) is 13.2 Å². The summed E-state index contributed by atoms with van der Waals surface area (Å²) < 4.78 is 11.4. The molecule has 94 valence electrons. The molecule has 1 aliphatic rings. The van der Waals surface area contributed by atoms with Crippen LogP contribution in [0.25, 0.3) is 0 Å². The third-order valence-electron chi connectivity index (χ3n) is 3.10. The van der Waals surface area contributed by atoms with E-state index in [1.165, 1.54) is 5.56 Å². The third-order valence-corrected chi connectivity index (χ3v) is 3.10. The van der Waals surface area contributed by atoms with Crippen molar-refractivity contribution in [2.24, 2.45) is 0 Å². The van der Waals surface area contributed by atoms with Crippen molar-refractivity contribution in [3.8, 4) is 0 Å². The average Bonchev–Trinajstić information content (AvgIpc) is 2.39. The van der Waals surface area contributed by atoms with Crippen molar-refractivity contribution < 1.29 is 14.6 Å². The Morgan fingerprint density at radius 3 is 2.88 bits per heavy atom. The highest BCUT2D eigenvalue weighted by atomic mass is 16.5. The molecule has 0 saturated carbocycles. The van der Waals surface area contributed by atoms with Gasteiger partial charge in [0, 0.05) is 13.2 Å². The van der Waals surface area contributed by atoms with Gasteiger partial charge in [0.05, 0.1) is 18.8 Å².